The number of carboxylic acids is 1. The first kappa shape index (κ1) is 17.4. The van der Waals surface area contributed by atoms with Crippen LogP contribution in [-0.4, -0.2) is 17.2 Å². The predicted octanol–water partition coefficient (Wildman–Crippen LogP) is 3.41. The predicted molar refractivity (Wildman–Crippen MR) is 81.1 cm³/mol. The lowest BCUT2D eigenvalue weighted by molar-refractivity contribution is -0.137. The van der Waals surface area contributed by atoms with Crippen molar-refractivity contribution in [3.05, 3.63) is 71.3 Å². The van der Waals surface area contributed by atoms with E-state index in [0.717, 1.165) is 23.8 Å². The van der Waals surface area contributed by atoms with E-state index in [4.69, 9.17) is 9.84 Å². The highest BCUT2D eigenvalue weighted by Crippen LogP contribution is 2.21. The molecule has 0 fully saturated rings. The van der Waals surface area contributed by atoms with Gasteiger partial charge in [0.2, 0.25) is 0 Å². The molecule has 126 valence electrons. The molecule has 0 heterocycles. The van der Waals surface area contributed by atoms with Crippen LogP contribution in [-0.2, 0) is 16.1 Å². The number of hydrogen-bond acceptors (Lipinski definition) is 3. The quantitative estimate of drug-likeness (QED) is 0.848. The fourth-order valence-corrected chi connectivity index (χ4v) is 2.10. The number of aliphatic carboxylic acids is 1. The fraction of sp³-hybridized carbons (Fsp3) is 0.176. The second kappa shape index (κ2) is 8.05. The summed E-state index contributed by atoms with van der Waals surface area (Å²) in [4.78, 5) is 22.8. The molecule has 0 aliphatic heterocycles. The van der Waals surface area contributed by atoms with Gasteiger partial charge < -0.3 is 15.2 Å². The van der Waals surface area contributed by atoms with Gasteiger partial charge in [-0.1, -0.05) is 30.3 Å². The number of ether oxygens (including phenoxy) is 1. The van der Waals surface area contributed by atoms with Crippen LogP contribution in [0.2, 0.25) is 0 Å². The highest BCUT2D eigenvalue weighted by atomic mass is 19.1. The number of rotatable bonds is 6. The van der Waals surface area contributed by atoms with Crippen molar-refractivity contribution in [2.24, 2.45) is 0 Å². The van der Waals surface area contributed by atoms with Crippen LogP contribution in [0.25, 0.3) is 0 Å². The lowest BCUT2D eigenvalue weighted by atomic mass is 10.0. The van der Waals surface area contributed by atoms with E-state index in [-0.39, 0.29) is 12.2 Å². The lowest BCUT2D eigenvalue weighted by Gasteiger charge is -2.18. The molecule has 0 aliphatic rings. The molecule has 2 aromatic rings. The highest BCUT2D eigenvalue weighted by molar-refractivity contribution is 5.72. The zero-order valence-electron chi connectivity index (χ0n) is 12.5. The van der Waals surface area contributed by atoms with E-state index >= 15 is 0 Å². The minimum atomic E-state index is -1.27. The zero-order valence-corrected chi connectivity index (χ0v) is 12.5. The number of halogens is 2. The van der Waals surface area contributed by atoms with Crippen molar-refractivity contribution in [1.29, 1.82) is 0 Å². The molecule has 2 rings (SSSR count). The Balaban J connectivity index is 2.06. The molecule has 0 aromatic heterocycles. The van der Waals surface area contributed by atoms with Crippen LogP contribution in [0.4, 0.5) is 13.6 Å². The van der Waals surface area contributed by atoms with Crippen LogP contribution in [0.15, 0.2) is 48.5 Å². The fourth-order valence-electron chi connectivity index (χ4n) is 2.10. The van der Waals surface area contributed by atoms with Gasteiger partial charge in [0.25, 0.3) is 0 Å². The van der Waals surface area contributed by atoms with Crippen molar-refractivity contribution in [2.45, 2.75) is 19.1 Å². The van der Waals surface area contributed by atoms with Gasteiger partial charge in [-0.05, 0) is 23.8 Å². The van der Waals surface area contributed by atoms with E-state index in [0.29, 0.717) is 0 Å². The molecule has 0 radical (unpaired) electrons. The summed E-state index contributed by atoms with van der Waals surface area (Å²) >= 11 is 0. The van der Waals surface area contributed by atoms with Crippen LogP contribution in [0.3, 0.4) is 0 Å². The first-order valence-corrected chi connectivity index (χ1v) is 7.09. The van der Waals surface area contributed by atoms with Crippen molar-refractivity contribution < 1.29 is 28.2 Å². The molecule has 1 atom stereocenters. The van der Waals surface area contributed by atoms with Crippen molar-refractivity contribution in [1.82, 2.24) is 5.32 Å². The zero-order chi connectivity index (χ0) is 17.5. The van der Waals surface area contributed by atoms with Crippen LogP contribution < -0.4 is 5.32 Å². The highest BCUT2D eigenvalue weighted by Gasteiger charge is 2.22. The van der Waals surface area contributed by atoms with Crippen molar-refractivity contribution in [3.8, 4) is 0 Å². The van der Waals surface area contributed by atoms with Crippen molar-refractivity contribution >= 4 is 12.1 Å². The normalized spacial score (nSPS) is 11.6. The molecule has 5 nitrogen and oxygen atoms in total. The summed E-state index contributed by atoms with van der Waals surface area (Å²) in [6.45, 7) is -0.0297. The maximum absolute atomic E-state index is 13.8. The molecule has 1 unspecified atom stereocenters. The third-order valence-electron chi connectivity index (χ3n) is 3.22. The molecule has 0 saturated heterocycles. The van der Waals surface area contributed by atoms with E-state index in [2.05, 4.69) is 5.32 Å². The summed E-state index contributed by atoms with van der Waals surface area (Å²) in [7, 11) is 0. The number of hydrogen-bond donors (Lipinski definition) is 2. The Kier molecular flexibility index (Phi) is 5.83. The number of carbonyl (C=O) groups is 2. The molecule has 2 N–H and O–H groups in total. The monoisotopic (exact) mass is 335 g/mol. The molecule has 1 amide bonds. The Morgan fingerprint density at radius 1 is 1.12 bits per heavy atom. The van der Waals surface area contributed by atoms with E-state index in [1.54, 1.807) is 30.3 Å². The average molecular weight is 335 g/mol. The number of carboxylic acid groups (broad SMARTS) is 1. The first-order chi connectivity index (χ1) is 11.5. The van der Waals surface area contributed by atoms with E-state index in [1.807, 2.05) is 0 Å². The topological polar surface area (TPSA) is 75.6 Å². The van der Waals surface area contributed by atoms with Gasteiger partial charge in [0.15, 0.2) is 0 Å². The Morgan fingerprint density at radius 2 is 1.83 bits per heavy atom. The largest absolute Gasteiger partial charge is 0.481 e. The van der Waals surface area contributed by atoms with Gasteiger partial charge in [0, 0.05) is 5.56 Å². The number of amides is 1. The molecular weight excluding hydrogens is 320 g/mol. The molecule has 0 aliphatic carbocycles. The number of alkyl carbamates (subject to hydrolysis) is 1. The van der Waals surface area contributed by atoms with Gasteiger partial charge in [-0.25, -0.2) is 13.6 Å². The smallest absolute Gasteiger partial charge is 0.407 e. The molecule has 0 saturated carbocycles. The third-order valence-corrected chi connectivity index (χ3v) is 3.22. The van der Waals surface area contributed by atoms with E-state index in [1.165, 1.54) is 0 Å². The Hall–Kier alpha value is -2.96. The molecule has 2 aromatic carbocycles. The SMILES string of the molecule is O=C(O)CC(NC(=O)OCc1ccccc1)c1cc(F)ccc1F. The van der Waals surface area contributed by atoms with E-state index in [9.17, 15) is 18.4 Å². The maximum Gasteiger partial charge on any atom is 0.407 e. The van der Waals surface area contributed by atoms with Gasteiger partial charge >= 0.3 is 12.1 Å². The van der Waals surface area contributed by atoms with Crippen LogP contribution >= 0.6 is 0 Å². The second-order valence-electron chi connectivity index (χ2n) is 5.02. The maximum atomic E-state index is 13.8. The minimum absolute atomic E-state index is 0.0297. The number of benzene rings is 2. The summed E-state index contributed by atoms with van der Waals surface area (Å²) in [5.74, 6) is -2.82. The van der Waals surface area contributed by atoms with Crippen molar-refractivity contribution in [2.75, 3.05) is 0 Å². The van der Waals surface area contributed by atoms with Gasteiger partial charge in [0.1, 0.15) is 18.2 Å². The number of nitrogens with one attached hydrogen (secondary N) is 1. The second-order valence-corrected chi connectivity index (χ2v) is 5.02. The number of carbonyl (C=O) groups excluding carboxylic acids is 1. The third kappa shape index (κ3) is 5.05. The summed E-state index contributed by atoms with van der Waals surface area (Å²) in [5, 5.41) is 11.2. The standard InChI is InChI=1S/C17H15F2NO4/c18-12-6-7-14(19)13(8-12)15(9-16(21)22)20-17(23)24-10-11-4-2-1-3-5-11/h1-8,15H,9-10H2,(H,20,23)(H,21,22). The Morgan fingerprint density at radius 3 is 2.50 bits per heavy atom. The molecule has 7 heteroatoms. The Labute approximate surface area is 136 Å². The first-order valence-electron chi connectivity index (χ1n) is 7.09. The van der Waals surface area contributed by atoms with E-state index < -0.39 is 36.2 Å². The average Bonchev–Trinajstić information content (AvgIpc) is 2.55. The van der Waals surface area contributed by atoms with Gasteiger partial charge in [-0.2, -0.15) is 0 Å². The van der Waals surface area contributed by atoms with Gasteiger partial charge in [0.05, 0.1) is 12.5 Å². The van der Waals surface area contributed by atoms with Gasteiger partial charge in [-0.3, -0.25) is 4.79 Å². The minimum Gasteiger partial charge on any atom is -0.481 e. The molecule has 0 bridgehead atoms. The molecule has 24 heavy (non-hydrogen) atoms. The lowest BCUT2D eigenvalue weighted by Crippen LogP contribution is -2.31. The summed E-state index contributed by atoms with van der Waals surface area (Å²) in [5.41, 5.74) is 0.480. The summed E-state index contributed by atoms with van der Waals surface area (Å²) in [6, 6.07) is 10.2. The van der Waals surface area contributed by atoms with Gasteiger partial charge in [-0.15, -0.1) is 0 Å². The van der Waals surface area contributed by atoms with Crippen LogP contribution in [0.1, 0.15) is 23.6 Å². The summed E-state index contributed by atoms with van der Waals surface area (Å²) in [6.07, 6.45) is -1.53. The Bertz CT molecular complexity index is 722. The van der Waals surface area contributed by atoms with Crippen LogP contribution in [0.5, 0.6) is 0 Å². The molecular formula is C17H15F2NO4. The van der Waals surface area contributed by atoms with Crippen molar-refractivity contribution in [3.63, 3.8) is 0 Å². The summed E-state index contributed by atoms with van der Waals surface area (Å²) < 4.78 is 32.1. The van der Waals surface area contributed by atoms with Crippen LogP contribution in [0, 0.1) is 11.6 Å². The molecule has 0 spiro atoms.